The number of carbonyl (C=O) groups excluding carboxylic acids is 1. The van der Waals surface area contributed by atoms with Crippen LogP contribution < -0.4 is 4.90 Å². The first-order valence-electron chi connectivity index (χ1n) is 8.73. The zero-order chi connectivity index (χ0) is 19.8. The monoisotopic (exact) mass is 424 g/mol. The lowest BCUT2D eigenvalue weighted by atomic mass is 10.2. The van der Waals surface area contributed by atoms with E-state index in [0.29, 0.717) is 19.9 Å². The van der Waals surface area contributed by atoms with Gasteiger partial charge in [-0.2, -0.15) is 0 Å². The van der Waals surface area contributed by atoms with Gasteiger partial charge in [-0.3, -0.25) is 9.69 Å². The van der Waals surface area contributed by atoms with Crippen molar-refractivity contribution in [2.24, 2.45) is 0 Å². The number of halogens is 1. The molecular weight excluding hydrogens is 408 g/mol. The first kappa shape index (κ1) is 19.0. The van der Waals surface area contributed by atoms with E-state index in [1.807, 2.05) is 36.4 Å². The number of aromatic nitrogens is 1. The normalized spacial score (nSPS) is 15.7. The second-order valence-corrected chi connectivity index (χ2v) is 8.61. The minimum Gasteiger partial charge on any atom is -0.318 e. The van der Waals surface area contributed by atoms with Gasteiger partial charge in [0, 0.05) is 22.1 Å². The van der Waals surface area contributed by atoms with E-state index in [0.717, 1.165) is 22.6 Å². The van der Waals surface area contributed by atoms with E-state index in [2.05, 4.69) is 36.6 Å². The Labute approximate surface area is 178 Å². The molecule has 0 aliphatic carbocycles. The second-order valence-electron chi connectivity index (χ2n) is 6.49. The highest BCUT2D eigenvalue weighted by Crippen LogP contribution is 2.37. The van der Waals surface area contributed by atoms with Crippen molar-refractivity contribution in [2.75, 3.05) is 4.90 Å². The van der Waals surface area contributed by atoms with Gasteiger partial charge in [-0.25, -0.2) is 0 Å². The fourth-order valence-electron chi connectivity index (χ4n) is 3.35. The summed E-state index contributed by atoms with van der Waals surface area (Å²) in [4.78, 5) is 15.1. The maximum absolute atomic E-state index is 13.0. The average Bonchev–Trinajstić information content (AvgIpc) is 3.11. The van der Waals surface area contributed by atoms with E-state index in [4.69, 9.17) is 23.8 Å². The third-order valence-corrected chi connectivity index (χ3v) is 6.17. The van der Waals surface area contributed by atoms with Crippen molar-refractivity contribution in [3.63, 3.8) is 0 Å². The summed E-state index contributed by atoms with van der Waals surface area (Å²) in [7, 11) is 0. The zero-order valence-electron chi connectivity index (χ0n) is 15.3. The van der Waals surface area contributed by atoms with E-state index in [9.17, 15) is 4.79 Å². The van der Waals surface area contributed by atoms with Crippen LogP contribution in [0.3, 0.4) is 0 Å². The summed E-state index contributed by atoms with van der Waals surface area (Å²) in [5, 5.41) is 0.571. The maximum Gasteiger partial charge on any atom is 0.270 e. The maximum atomic E-state index is 13.0. The van der Waals surface area contributed by atoms with Gasteiger partial charge in [-0.15, -0.1) is 0 Å². The van der Waals surface area contributed by atoms with Gasteiger partial charge in [0.1, 0.15) is 0 Å². The van der Waals surface area contributed by atoms with Gasteiger partial charge in [0.2, 0.25) is 0 Å². The first-order chi connectivity index (χ1) is 13.5. The van der Waals surface area contributed by atoms with Crippen LogP contribution in [0.1, 0.15) is 17.0 Å². The van der Waals surface area contributed by atoms with E-state index >= 15 is 0 Å². The SMILES string of the molecule is Cc1cc(C=C2SC(=S)N(c3cccc(Cl)c3)C2=O)c(C)n1-c1ccccc1. The van der Waals surface area contributed by atoms with Crippen molar-refractivity contribution in [3.8, 4) is 5.69 Å². The summed E-state index contributed by atoms with van der Waals surface area (Å²) in [5.74, 6) is -0.123. The Bertz CT molecular complexity index is 1120. The molecule has 1 amide bonds. The van der Waals surface area contributed by atoms with Crippen LogP contribution in [-0.4, -0.2) is 14.8 Å². The molecule has 2 heterocycles. The summed E-state index contributed by atoms with van der Waals surface area (Å²) >= 11 is 12.8. The van der Waals surface area contributed by atoms with Crippen molar-refractivity contribution in [1.29, 1.82) is 0 Å². The average molecular weight is 425 g/mol. The molecule has 1 saturated heterocycles. The van der Waals surface area contributed by atoms with Crippen LogP contribution in [0.25, 0.3) is 11.8 Å². The van der Waals surface area contributed by atoms with Gasteiger partial charge < -0.3 is 4.57 Å². The van der Waals surface area contributed by atoms with Crippen LogP contribution in [0.15, 0.2) is 65.6 Å². The fraction of sp³-hybridized carbons (Fsp3) is 0.0909. The Morgan fingerprint density at radius 3 is 2.43 bits per heavy atom. The number of thiocarbonyl (C=S) groups is 1. The van der Waals surface area contributed by atoms with Crippen LogP contribution >= 0.6 is 35.6 Å². The van der Waals surface area contributed by atoms with E-state index in [1.165, 1.54) is 16.7 Å². The summed E-state index contributed by atoms with van der Waals surface area (Å²) in [6.07, 6.45) is 1.92. The zero-order valence-corrected chi connectivity index (χ0v) is 17.7. The third-order valence-electron chi connectivity index (χ3n) is 4.63. The number of para-hydroxylation sites is 1. The summed E-state index contributed by atoms with van der Waals surface area (Å²) in [6, 6.07) is 19.4. The predicted octanol–water partition coefficient (Wildman–Crippen LogP) is 6.15. The lowest BCUT2D eigenvalue weighted by molar-refractivity contribution is -0.113. The number of nitrogens with zero attached hydrogens (tertiary/aromatic N) is 2. The number of anilines is 1. The molecule has 1 aliphatic heterocycles. The summed E-state index contributed by atoms with van der Waals surface area (Å²) < 4.78 is 2.69. The second kappa shape index (κ2) is 7.59. The minimum atomic E-state index is -0.123. The van der Waals surface area contributed by atoms with Crippen molar-refractivity contribution < 1.29 is 4.79 Å². The molecule has 1 fully saturated rings. The number of hydrogen-bond acceptors (Lipinski definition) is 3. The molecule has 0 bridgehead atoms. The van der Waals surface area contributed by atoms with E-state index in [1.54, 1.807) is 12.1 Å². The molecule has 0 unspecified atom stereocenters. The first-order valence-corrected chi connectivity index (χ1v) is 10.3. The molecule has 0 radical (unpaired) electrons. The van der Waals surface area contributed by atoms with Gasteiger partial charge in [0.05, 0.1) is 10.6 Å². The van der Waals surface area contributed by atoms with Crippen molar-refractivity contribution in [2.45, 2.75) is 13.8 Å². The number of amides is 1. The van der Waals surface area contributed by atoms with Crippen LogP contribution in [-0.2, 0) is 4.79 Å². The highest BCUT2D eigenvalue weighted by molar-refractivity contribution is 8.27. The number of rotatable bonds is 3. The molecule has 1 aliphatic rings. The Balaban J connectivity index is 1.71. The van der Waals surface area contributed by atoms with Crippen molar-refractivity contribution >= 4 is 57.6 Å². The molecule has 6 heteroatoms. The van der Waals surface area contributed by atoms with Gasteiger partial charge in [0.15, 0.2) is 4.32 Å². The summed E-state index contributed by atoms with van der Waals surface area (Å²) in [6.45, 7) is 4.12. The number of hydrogen-bond donors (Lipinski definition) is 0. The minimum absolute atomic E-state index is 0.123. The van der Waals surface area contributed by atoms with Gasteiger partial charge in [-0.1, -0.05) is 59.8 Å². The van der Waals surface area contributed by atoms with Crippen LogP contribution in [0, 0.1) is 13.8 Å². The summed E-state index contributed by atoms with van der Waals surface area (Å²) in [5.41, 5.74) is 4.99. The Morgan fingerprint density at radius 1 is 1.00 bits per heavy atom. The van der Waals surface area contributed by atoms with E-state index < -0.39 is 0 Å². The van der Waals surface area contributed by atoms with Crippen LogP contribution in [0.5, 0.6) is 0 Å². The number of benzene rings is 2. The Morgan fingerprint density at radius 2 is 1.71 bits per heavy atom. The number of thioether (sulfide) groups is 1. The predicted molar refractivity (Wildman–Crippen MR) is 122 cm³/mol. The third kappa shape index (κ3) is 3.41. The smallest absolute Gasteiger partial charge is 0.270 e. The quantitative estimate of drug-likeness (QED) is 0.372. The largest absolute Gasteiger partial charge is 0.318 e. The molecule has 3 nitrogen and oxygen atoms in total. The highest BCUT2D eigenvalue weighted by Gasteiger charge is 2.33. The Kier molecular flexibility index (Phi) is 5.15. The standard InChI is InChI=1S/C22H17ClN2OS2/c1-14-11-16(15(2)24(14)18-8-4-3-5-9-18)12-20-21(26)25(22(27)28-20)19-10-6-7-17(23)13-19/h3-13H,1-2H3. The number of aryl methyl sites for hydroxylation is 1. The van der Waals surface area contributed by atoms with Crippen LogP contribution in [0.2, 0.25) is 5.02 Å². The lowest BCUT2D eigenvalue weighted by Crippen LogP contribution is -2.27. The molecule has 0 saturated carbocycles. The fourth-order valence-corrected chi connectivity index (χ4v) is 4.83. The van der Waals surface area contributed by atoms with Gasteiger partial charge in [-0.05, 0) is 61.9 Å². The van der Waals surface area contributed by atoms with E-state index in [-0.39, 0.29) is 5.91 Å². The van der Waals surface area contributed by atoms with Gasteiger partial charge in [0.25, 0.3) is 5.91 Å². The topological polar surface area (TPSA) is 25.2 Å². The molecule has 28 heavy (non-hydrogen) atoms. The van der Waals surface area contributed by atoms with Crippen molar-refractivity contribution in [3.05, 3.63) is 87.5 Å². The molecule has 140 valence electrons. The molecule has 2 aromatic carbocycles. The molecule has 3 aromatic rings. The van der Waals surface area contributed by atoms with Gasteiger partial charge >= 0.3 is 0 Å². The molecule has 0 N–H and O–H groups in total. The van der Waals surface area contributed by atoms with Crippen LogP contribution in [0.4, 0.5) is 5.69 Å². The van der Waals surface area contributed by atoms with Crippen molar-refractivity contribution in [1.82, 2.24) is 4.57 Å². The Hall–Kier alpha value is -2.34. The lowest BCUT2D eigenvalue weighted by Gasteiger charge is -2.14. The molecular formula is C22H17ClN2OS2. The number of carbonyl (C=O) groups is 1. The highest BCUT2D eigenvalue weighted by atomic mass is 35.5. The molecule has 0 atom stereocenters. The molecule has 1 aromatic heterocycles. The molecule has 0 spiro atoms. The molecule has 4 rings (SSSR count).